The molecule has 324 valence electrons. The summed E-state index contributed by atoms with van der Waals surface area (Å²) in [7, 11) is -27.3. The predicted molar refractivity (Wildman–Crippen MR) is 177 cm³/mol. The van der Waals surface area contributed by atoms with Gasteiger partial charge in [0, 0.05) is 24.5 Å². The Balaban J connectivity index is 0.000000546. The van der Waals surface area contributed by atoms with Gasteiger partial charge in [0.15, 0.2) is 12.5 Å². The summed E-state index contributed by atoms with van der Waals surface area (Å²) in [6, 6.07) is 1.88. The van der Waals surface area contributed by atoms with Crippen molar-refractivity contribution in [2.75, 3.05) is 13.2 Å². The molecular weight excluding hydrogens is 883 g/mol. The molecule has 5 unspecified atom stereocenters. The van der Waals surface area contributed by atoms with Crippen LogP contribution in [-0.4, -0.2) is 124 Å². The molecule has 2 aromatic rings. The van der Waals surface area contributed by atoms with Crippen molar-refractivity contribution in [3.05, 3.63) is 66.2 Å². The molecule has 0 aromatic carbocycles. The number of H-pyrrole nitrogens is 2. The second kappa shape index (κ2) is 19.7. The van der Waals surface area contributed by atoms with Gasteiger partial charge < -0.3 is 64.2 Å². The maximum absolute atomic E-state index is 11.7. The van der Waals surface area contributed by atoms with Crippen LogP contribution in [0.25, 0.3) is 0 Å². The predicted octanol–water partition coefficient (Wildman–Crippen LogP) is -3.85. The molecule has 0 bridgehead atoms. The third-order valence-electron chi connectivity index (χ3n) is 6.35. The number of aliphatic hydroxyl groups is 4. The van der Waals surface area contributed by atoms with E-state index < -0.39 is 124 Å². The molecule has 0 saturated carbocycles. The molecule has 4 rings (SSSR count). The average Bonchev–Trinajstić information content (AvgIpc) is 3.42. The summed E-state index contributed by atoms with van der Waals surface area (Å²) >= 11 is 0. The number of hydrogen-bond donors (Lipinski definition) is 13. The summed E-state index contributed by atoms with van der Waals surface area (Å²) < 4.78 is 86.2. The molecule has 0 radical (unpaired) electrons. The highest BCUT2D eigenvalue weighted by molar-refractivity contribution is 7.66. The maximum atomic E-state index is 11.7. The molecule has 31 nitrogen and oxygen atoms in total. The summed E-state index contributed by atoms with van der Waals surface area (Å²) in [6.07, 6.45) is -10.9. The van der Waals surface area contributed by atoms with Crippen molar-refractivity contribution in [1.29, 1.82) is 0 Å². The van der Waals surface area contributed by atoms with Crippen molar-refractivity contribution in [2.45, 2.75) is 63.9 Å². The number of hydrogen-bond acceptors (Lipinski definition) is 20. The van der Waals surface area contributed by atoms with Crippen molar-refractivity contribution < 1.29 is 109 Å². The molecule has 4 heterocycles. The summed E-state index contributed by atoms with van der Waals surface area (Å²) in [6.45, 7) is -1.95. The SMILES string of the molecule is C.C.O=c1ccn([C@@H]2O[C@H](COP(=O)(O)OP(=O)(O)O)C(O)[C@@H]2O)c(=O)[nH]1.O=c1ccn([C@@H]2O[C@H](COP(=O)(O)OP(=O)(O)OP(=O)(O)O)C(O)[C@@H]2O)c(=O)[nH]1. The van der Waals surface area contributed by atoms with E-state index in [2.05, 4.69) is 22.0 Å². The van der Waals surface area contributed by atoms with E-state index in [1.807, 2.05) is 9.97 Å². The number of nitrogens with zero attached hydrogens (tertiary/aromatic N) is 2. The second-order valence-electron chi connectivity index (χ2n) is 10.4. The molecule has 2 aliphatic heterocycles. The highest BCUT2D eigenvalue weighted by Gasteiger charge is 2.48. The fraction of sp³-hybridized carbons (Fsp3) is 0.600. The Morgan fingerprint density at radius 1 is 0.554 bits per heavy atom. The quantitative estimate of drug-likeness (QED) is 0.0807. The van der Waals surface area contributed by atoms with Gasteiger partial charge in [0.25, 0.3) is 11.1 Å². The minimum atomic E-state index is -5.73. The lowest BCUT2D eigenvalue weighted by atomic mass is 10.1. The maximum Gasteiger partial charge on any atom is 0.490 e. The largest absolute Gasteiger partial charge is 0.490 e. The Labute approximate surface area is 310 Å². The summed E-state index contributed by atoms with van der Waals surface area (Å²) in [4.78, 5) is 111. The fourth-order valence-electron chi connectivity index (χ4n) is 4.25. The minimum absolute atomic E-state index is 0. The van der Waals surface area contributed by atoms with Gasteiger partial charge >= 0.3 is 50.5 Å². The van der Waals surface area contributed by atoms with E-state index in [0.29, 0.717) is 4.57 Å². The molecule has 56 heavy (non-hydrogen) atoms. The second-order valence-corrected chi connectivity index (χ2v) is 17.6. The van der Waals surface area contributed by atoms with Crippen LogP contribution in [0.1, 0.15) is 27.3 Å². The molecule has 0 aliphatic carbocycles. The monoisotopic (exact) mass is 920 g/mol. The van der Waals surface area contributed by atoms with Crippen molar-refractivity contribution in [2.24, 2.45) is 0 Å². The first-order valence-corrected chi connectivity index (χ1v) is 21.2. The van der Waals surface area contributed by atoms with Crippen LogP contribution in [0.4, 0.5) is 0 Å². The molecule has 0 amide bonds. The van der Waals surface area contributed by atoms with Crippen LogP contribution >= 0.6 is 39.1 Å². The van der Waals surface area contributed by atoms with E-state index in [0.717, 1.165) is 29.1 Å². The number of aromatic amines is 2. The first kappa shape index (κ1) is 51.8. The van der Waals surface area contributed by atoms with Crippen LogP contribution in [0.2, 0.25) is 0 Å². The molecular formula is C20H37N4O27P5. The van der Waals surface area contributed by atoms with E-state index in [9.17, 15) is 67.3 Å². The number of aliphatic hydroxyl groups excluding tert-OH is 4. The average molecular weight is 920 g/mol. The number of aromatic nitrogens is 4. The molecule has 0 spiro atoms. The van der Waals surface area contributed by atoms with E-state index in [1.54, 1.807) is 0 Å². The number of nitrogens with one attached hydrogen (secondary N) is 2. The first-order chi connectivity index (χ1) is 24.5. The van der Waals surface area contributed by atoms with Crippen LogP contribution in [0.15, 0.2) is 43.7 Å². The zero-order valence-electron chi connectivity index (χ0n) is 25.9. The topological polar surface area (TPSA) is 482 Å². The lowest BCUT2D eigenvalue weighted by molar-refractivity contribution is -0.0542. The summed E-state index contributed by atoms with van der Waals surface area (Å²) in [5, 5.41) is 39.7. The number of ether oxygens (including phenoxy) is 2. The molecule has 11 atom stereocenters. The zero-order valence-corrected chi connectivity index (χ0v) is 30.4. The lowest BCUT2D eigenvalue weighted by Crippen LogP contribution is -2.37. The van der Waals surface area contributed by atoms with Crippen LogP contribution in [0.5, 0.6) is 0 Å². The smallest absolute Gasteiger partial charge is 0.387 e. The Kier molecular flexibility index (Phi) is 18.2. The third-order valence-corrected chi connectivity index (χ3v) is 12.3. The highest BCUT2D eigenvalue weighted by atomic mass is 31.3. The zero-order chi connectivity index (χ0) is 41.2. The van der Waals surface area contributed by atoms with Gasteiger partial charge in [-0.2, -0.15) is 12.9 Å². The van der Waals surface area contributed by atoms with E-state index in [4.69, 9.17) is 38.8 Å². The minimum Gasteiger partial charge on any atom is -0.387 e. The standard InChI is InChI=1S/C9H15N2O15P3.C9H14N2O12P2.2CH4/c12-5-1-2-11(9(15)10-5)8-7(14)6(13)4(24-8)3-23-28(19,20)26-29(21,22)25-27(16,17)18;12-5-1-2-11(9(15)10-5)8-7(14)6(13)4(22-8)3-21-25(19,20)23-24(16,17)18;;/h1-2,4,6-8,13-14H,3H2,(H,19,20)(H,21,22)(H,10,12,15)(H2,16,17,18);1-2,4,6-8,13-14H,3H2,(H,19,20)(H,10,12,15)(H2,16,17,18);2*1H4/t2*4-,6?,7+,8-;;/m11../s1. The molecule has 13 N–H and O–H groups in total. The van der Waals surface area contributed by atoms with Crippen molar-refractivity contribution >= 4 is 39.1 Å². The van der Waals surface area contributed by atoms with Gasteiger partial charge in [-0.05, 0) is 0 Å². The highest BCUT2D eigenvalue weighted by Crippen LogP contribution is 2.66. The molecule has 2 fully saturated rings. The summed E-state index contributed by atoms with van der Waals surface area (Å²) in [5.41, 5.74) is -3.39. The molecule has 2 aliphatic rings. The molecule has 2 saturated heterocycles. The van der Waals surface area contributed by atoms with Crippen molar-refractivity contribution in [1.82, 2.24) is 19.1 Å². The van der Waals surface area contributed by atoms with Gasteiger partial charge in [-0.1, -0.05) is 14.9 Å². The van der Waals surface area contributed by atoms with E-state index >= 15 is 0 Å². The van der Waals surface area contributed by atoms with Crippen LogP contribution in [0, 0.1) is 0 Å². The first-order valence-electron chi connectivity index (χ1n) is 13.7. The van der Waals surface area contributed by atoms with Gasteiger partial charge in [0.1, 0.15) is 36.6 Å². The third kappa shape index (κ3) is 15.2. The fourth-order valence-corrected chi connectivity index (χ4v) is 8.87. The van der Waals surface area contributed by atoms with Crippen LogP contribution < -0.4 is 22.5 Å². The van der Waals surface area contributed by atoms with Gasteiger partial charge in [0.05, 0.1) is 13.2 Å². The van der Waals surface area contributed by atoms with E-state index in [1.165, 1.54) is 0 Å². The Bertz CT molecular complexity index is 2120. The van der Waals surface area contributed by atoms with Crippen LogP contribution in [0.3, 0.4) is 0 Å². The Morgan fingerprint density at radius 2 is 0.875 bits per heavy atom. The van der Waals surface area contributed by atoms with Crippen molar-refractivity contribution in [3.8, 4) is 0 Å². The van der Waals surface area contributed by atoms with Crippen LogP contribution in [-0.2, 0) is 54.3 Å². The normalized spacial score (nSPS) is 28.3. The molecule has 2 aromatic heterocycles. The van der Waals surface area contributed by atoms with Gasteiger partial charge in [-0.25, -0.2) is 32.4 Å². The van der Waals surface area contributed by atoms with E-state index in [-0.39, 0.29) is 14.9 Å². The van der Waals surface area contributed by atoms with Gasteiger partial charge in [-0.15, -0.1) is 0 Å². The Morgan fingerprint density at radius 3 is 1.20 bits per heavy atom. The Hall–Kier alpha value is -2.21. The van der Waals surface area contributed by atoms with Gasteiger partial charge in [-0.3, -0.25) is 37.7 Å². The number of phosphoric ester groups is 2. The van der Waals surface area contributed by atoms with Crippen molar-refractivity contribution in [3.63, 3.8) is 0 Å². The summed E-state index contributed by atoms with van der Waals surface area (Å²) in [5.74, 6) is 0. The lowest BCUT2D eigenvalue weighted by Gasteiger charge is -2.19. The number of phosphoric acid groups is 5. The molecule has 36 heteroatoms. The van der Waals surface area contributed by atoms with Gasteiger partial charge in [0.2, 0.25) is 0 Å². The number of rotatable bonds is 14.